The summed E-state index contributed by atoms with van der Waals surface area (Å²) in [5, 5.41) is 11.1. The summed E-state index contributed by atoms with van der Waals surface area (Å²) in [5.74, 6) is 0.258. The summed E-state index contributed by atoms with van der Waals surface area (Å²) in [6.45, 7) is 9.25. The third kappa shape index (κ3) is 1.71. The lowest BCUT2D eigenvalue weighted by Crippen LogP contribution is -2.68. The molecule has 1 N–H and O–H groups in total. The van der Waals surface area contributed by atoms with Crippen LogP contribution < -0.4 is 0 Å². The van der Waals surface area contributed by atoms with Crippen molar-refractivity contribution in [1.82, 2.24) is 0 Å². The van der Waals surface area contributed by atoms with Crippen molar-refractivity contribution in [1.29, 1.82) is 0 Å². The minimum Gasteiger partial charge on any atom is -0.461 e. The van der Waals surface area contributed by atoms with Gasteiger partial charge in [-0.1, -0.05) is 20.4 Å². The molecule has 5 heteroatoms. The highest BCUT2D eigenvalue weighted by molar-refractivity contribution is 5.81. The number of carbonyl (C=O) groups excluding carboxylic acids is 1. The Morgan fingerprint density at radius 1 is 1.27 bits per heavy atom. The summed E-state index contributed by atoms with van der Waals surface area (Å²) < 4.78 is 18.0. The topological polar surface area (TPSA) is 65.0 Å². The number of carbonyl (C=O) groups is 1. The molecule has 0 amide bonds. The van der Waals surface area contributed by atoms with E-state index in [4.69, 9.17) is 14.2 Å². The lowest BCUT2D eigenvalue weighted by atomic mass is 9.44. The molecular weight excluding hydrogens is 332 g/mol. The van der Waals surface area contributed by atoms with Crippen molar-refractivity contribution in [3.63, 3.8) is 0 Å². The average molecular weight is 362 g/mol. The molecule has 5 nitrogen and oxygen atoms in total. The fraction of sp³-hybridized carbons (Fsp3) is 0.857. The maximum Gasteiger partial charge on any atom is 0.315 e. The zero-order valence-electron chi connectivity index (χ0n) is 16.0. The fourth-order valence-electron chi connectivity index (χ4n) is 7.67. The maximum absolute atomic E-state index is 13.2. The van der Waals surface area contributed by atoms with Crippen molar-refractivity contribution >= 4 is 5.97 Å². The second-order valence-corrected chi connectivity index (χ2v) is 9.98. The highest BCUT2D eigenvalue weighted by Crippen LogP contribution is 2.72. The van der Waals surface area contributed by atoms with Crippen LogP contribution >= 0.6 is 0 Å². The molecule has 3 saturated carbocycles. The Hall–Kier alpha value is -0.910. The molecule has 2 saturated heterocycles. The third-order valence-corrected chi connectivity index (χ3v) is 8.72. The quantitative estimate of drug-likeness (QED) is 0.574. The number of hydrogen-bond donors (Lipinski definition) is 1. The lowest BCUT2D eigenvalue weighted by Gasteiger charge is -2.62. The molecule has 5 fully saturated rings. The van der Waals surface area contributed by atoms with Crippen molar-refractivity contribution < 1.29 is 24.1 Å². The molecule has 2 bridgehead atoms. The first-order valence-electron chi connectivity index (χ1n) is 10.0. The van der Waals surface area contributed by atoms with Crippen molar-refractivity contribution in [3.05, 3.63) is 12.2 Å². The first-order valence-corrected chi connectivity index (χ1v) is 10.0. The van der Waals surface area contributed by atoms with Gasteiger partial charge in [-0.25, -0.2) is 0 Å². The molecule has 0 aromatic heterocycles. The van der Waals surface area contributed by atoms with Crippen LogP contribution in [0.25, 0.3) is 0 Å². The van der Waals surface area contributed by atoms with Crippen molar-refractivity contribution in [2.45, 2.75) is 64.4 Å². The molecule has 0 radical (unpaired) electrons. The van der Waals surface area contributed by atoms with Gasteiger partial charge in [-0.2, -0.15) is 0 Å². The van der Waals surface area contributed by atoms with E-state index >= 15 is 0 Å². The van der Waals surface area contributed by atoms with Gasteiger partial charge in [0.15, 0.2) is 6.29 Å². The zero-order valence-corrected chi connectivity index (χ0v) is 16.0. The predicted molar refractivity (Wildman–Crippen MR) is 94.0 cm³/mol. The lowest BCUT2D eigenvalue weighted by molar-refractivity contribution is -0.249. The number of aliphatic hydroxyl groups excluding tert-OH is 1. The van der Waals surface area contributed by atoms with Gasteiger partial charge in [0.05, 0.1) is 12.7 Å². The van der Waals surface area contributed by atoms with E-state index < -0.39 is 11.5 Å². The predicted octanol–water partition coefficient (Wildman–Crippen LogP) is 2.67. The highest BCUT2D eigenvalue weighted by Gasteiger charge is 2.77. The van der Waals surface area contributed by atoms with Crippen LogP contribution in [0.3, 0.4) is 0 Å². The average Bonchev–Trinajstić information content (AvgIpc) is 3.10. The third-order valence-electron chi connectivity index (χ3n) is 8.72. The Bertz CT molecular complexity index is 671. The number of ether oxygens (including phenoxy) is 3. The van der Waals surface area contributed by atoms with Crippen LogP contribution in [-0.2, 0) is 19.0 Å². The molecular formula is C21H30O5. The molecule has 144 valence electrons. The number of methoxy groups -OCH3 is 1. The van der Waals surface area contributed by atoms with E-state index in [9.17, 15) is 9.90 Å². The van der Waals surface area contributed by atoms with Gasteiger partial charge in [0.2, 0.25) is 0 Å². The zero-order chi connectivity index (χ0) is 18.5. The van der Waals surface area contributed by atoms with Crippen LogP contribution in [0.4, 0.5) is 0 Å². The molecule has 2 heterocycles. The summed E-state index contributed by atoms with van der Waals surface area (Å²) in [6, 6.07) is 0. The summed E-state index contributed by atoms with van der Waals surface area (Å²) in [5.41, 5.74) is -0.245. The summed E-state index contributed by atoms with van der Waals surface area (Å²) >= 11 is 0. The molecule has 0 aromatic rings. The standard InChI is InChI=1S/C21H30O5/c1-11-12-5-6-13-20(9-12,16(11)22)18(23)26-14-7-8-19(2,3)15-17(24-4)25-10-21(13,14)15/h12-17,22H,1,5-10H2,2-4H3/t12-,13-,14+,15-,16-,17-,20-,21-/m1/s1. The van der Waals surface area contributed by atoms with Crippen molar-refractivity contribution in [3.8, 4) is 0 Å². The van der Waals surface area contributed by atoms with Crippen LogP contribution in [0, 0.1) is 34.0 Å². The van der Waals surface area contributed by atoms with E-state index in [1.165, 1.54) is 0 Å². The minimum absolute atomic E-state index is 0.0377. The van der Waals surface area contributed by atoms with E-state index in [-0.39, 0.29) is 46.9 Å². The minimum atomic E-state index is -0.839. The maximum atomic E-state index is 13.2. The second kappa shape index (κ2) is 5.12. The van der Waals surface area contributed by atoms with Crippen LogP contribution in [0.15, 0.2) is 12.2 Å². The monoisotopic (exact) mass is 362 g/mol. The molecule has 26 heavy (non-hydrogen) atoms. The Morgan fingerprint density at radius 2 is 2.04 bits per heavy atom. The van der Waals surface area contributed by atoms with Gasteiger partial charge >= 0.3 is 5.97 Å². The van der Waals surface area contributed by atoms with E-state index in [2.05, 4.69) is 20.4 Å². The summed E-state index contributed by atoms with van der Waals surface area (Å²) in [7, 11) is 1.71. The molecule has 5 rings (SSSR count). The van der Waals surface area contributed by atoms with Gasteiger partial charge in [0, 0.05) is 18.4 Å². The Morgan fingerprint density at radius 3 is 2.77 bits per heavy atom. The van der Waals surface area contributed by atoms with E-state index in [1.807, 2.05) is 0 Å². The van der Waals surface area contributed by atoms with Gasteiger partial charge in [-0.3, -0.25) is 4.79 Å². The number of hydrogen-bond acceptors (Lipinski definition) is 5. The fourth-order valence-corrected chi connectivity index (χ4v) is 7.67. The Kier molecular flexibility index (Phi) is 3.39. The van der Waals surface area contributed by atoms with Gasteiger partial charge in [0.1, 0.15) is 11.5 Å². The van der Waals surface area contributed by atoms with Crippen LogP contribution in [0.1, 0.15) is 46.0 Å². The molecule has 2 aliphatic heterocycles. The molecule has 3 aliphatic carbocycles. The van der Waals surface area contributed by atoms with E-state index in [0.29, 0.717) is 13.0 Å². The first-order chi connectivity index (χ1) is 12.3. The van der Waals surface area contributed by atoms with Crippen LogP contribution in [0.5, 0.6) is 0 Å². The van der Waals surface area contributed by atoms with Gasteiger partial charge in [0.25, 0.3) is 0 Å². The first kappa shape index (κ1) is 17.2. The van der Waals surface area contributed by atoms with E-state index in [1.54, 1.807) is 7.11 Å². The second-order valence-electron chi connectivity index (χ2n) is 9.98. The van der Waals surface area contributed by atoms with Gasteiger partial charge < -0.3 is 19.3 Å². The molecule has 2 spiro atoms. The van der Waals surface area contributed by atoms with Gasteiger partial charge in [-0.05, 0) is 54.9 Å². The van der Waals surface area contributed by atoms with Crippen LogP contribution in [-0.4, -0.2) is 43.3 Å². The van der Waals surface area contributed by atoms with Gasteiger partial charge in [-0.15, -0.1) is 0 Å². The Balaban J connectivity index is 1.69. The number of fused-ring (bicyclic) bond motifs is 1. The molecule has 0 unspecified atom stereocenters. The largest absolute Gasteiger partial charge is 0.461 e. The van der Waals surface area contributed by atoms with Crippen LogP contribution in [0.2, 0.25) is 0 Å². The smallest absolute Gasteiger partial charge is 0.315 e. The highest BCUT2D eigenvalue weighted by atomic mass is 16.7. The SMILES string of the molecule is C=C1[C@@H]2CC[C@@H]3[C@@](C2)(C(=O)O[C@H]2CCC(C)(C)[C@H]4[C@H](OC)OC[C@@]243)[C@@H]1O. The Labute approximate surface area is 155 Å². The van der Waals surface area contributed by atoms with E-state index in [0.717, 1.165) is 31.3 Å². The van der Waals surface area contributed by atoms with Crippen molar-refractivity contribution in [2.75, 3.05) is 13.7 Å². The van der Waals surface area contributed by atoms with Crippen molar-refractivity contribution in [2.24, 2.45) is 34.0 Å². The number of aliphatic hydroxyl groups is 1. The summed E-state index contributed by atoms with van der Waals surface area (Å²) in [6.07, 6.45) is 3.24. The normalized spacial score (nSPS) is 54.3. The molecule has 8 atom stereocenters. The number of esters is 1. The molecule has 0 aromatic carbocycles. The molecule has 5 aliphatic rings. The summed E-state index contributed by atoms with van der Waals surface area (Å²) in [4.78, 5) is 13.2. The number of rotatable bonds is 1.